The molecule has 1 aromatic heterocycles. The van der Waals surface area contributed by atoms with Crippen LogP contribution in [0.2, 0.25) is 0 Å². The van der Waals surface area contributed by atoms with Crippen molar-refractivity contribution >= 4 is 11.6 Å². The summed E-state index contributed by atoms with van der Waals surface area (Å²) in [5.74, 6) is -0.754. The molecule has 0 aliphatic carbocycles. The van der Waals surface area contributed by atoms with Crippen molar-refractivity contribution in [1.82, 2.24) is 4.57 Å². The van der Waals surface area contributed by atoms with Crippen LogP contribution < -0.4 is 10.9 Å². The van der Waals surface area contributed by atoms with E-state index in [0.717, 1.165) is 12.1 Å². The monoisotopic (exact) mass is 296 g/mol. The number of carbonyl (C=O) groups excluding carboxylic acids is 1. The lowest BCUT2D eigenvalue weighted by Crippen LogP contribution is -2.27. The highest BCUT2D eigenvalue weighted by atomic mass is 19.4. The van der Waals surface area contributed by atoms with Gasteiger partial charge >= 0.3 is 6.18 Å². The quantitative estimate of drug-likeness (QED) is 0.926. The fourth-order valence-electron chi connectivity index (χ4n) is 1.74. The van der Waals surface area contributed by atoms with Crippen LogP contribution in [0.15, 0.2) is 47.4 Å². The van der Waals surface area contributed by atoms with E-state index >= 15 is 0 Å². The van der Waals surface area contributed by atoms with Crippen LogP contribution >= 0.6 is 0 Å². The molecule has 7 heteroatoms. The Morgan fingerprint density at radius 1 is 1.19 bits per heavy atom. The topological polar surface area (TPSA) is 51.1 Å². The highest BCUT2D eigenvalue weighted by Crippen LogP contribution is 2.30. The standard InChI is InChI=1S/C14H11F3N2O2/c1-19-7-3-6-11(13(19)21)12(20)18-10-5-2-4-9(8-10)14(15,16)17/h2-8H,1H3,(H,18,20). The third-order valence-electron chi connectivity index (χ3n) is 2.82. The summed E-state index contributed by atoms with van der Waals surface area (Å²) in [5, 5.41) is 2.29. The molecule has 0 bridgehead atoms. The van der Waals surface area contributed by atoms with Crippen molar-refractivity contribution in [1.29, 1.82) is 0 Å². The molecule has 21 heavy (non-hydrogen) atoms. The normalized spacial score (nSPS) is 11.2. The zero-order valence-electron chi connectivity index (χ0n) is 10.9. The number of aryl methyl sites for hydroxylation is 1. The Kier molecular flexibility index (Phi) is 3.84. The van der Waals surface area contributed by atoms with E-state index in [-0.39, 0.29) is 11.3 Å². The summed E-state index contributed by atoms with van der Waals surface area (Å²) in [6, 6.07) is 7.03. The van der Waals surface area contributed by atoms with Gasteiger partial charge in [0.25, 0.3) is 11.5 Å². The molecule has 2 rings (SSSR count). The Labute approximate surface area is 117 Å². The van der Waals surface area contributed by atoms with E-state index in [1.54, 1.807) is 0 Å². The van der Waals surface area contributed by atoms with E-state index in [1.807, 2.05) is 0 Å². The summed E-state index contributed by atoms with van der Waals surface area (Å²) >= 11 is 0. The number of anilines is 1. The third kappa shape index (κ3) is 3.31. The first-order chi connectivity index (χ1) is 9.79. The number of hydrogen-bond acceptors (Lipinski definition) is 2. The van der Waals surface area contributed by atoms with Gasteiger partial charge in [-0.2, -0.15) is 13.2 Å². The molecule has 0 atom stereocenters. The highest BCUT2D eigenvalue weighted by molar-refractivity contribution is 6.04. The van der Waals surface area contributed by atoms with Gasteiger partial charge in [0.1, 0.15) is 5.56 Å². The summed E-state index contributed by atoms with van der Waals surface area (Å²) < 4.78 is 38.9. The Hall–Kier alpha value is -2.57. The zero-order valence-corrected chi connectivity index (χ0v) is 10.9. The molecule has 0 fully saturated rings. The molecular weight excluding hydrogens is 285 g/mol. The van der Waals surface area contributed by atoms with Gasteiger partial charge in [-0.05, 0) is 30.3 Å². The molecule has 1 N–H and O–H groups in total. The minimum atomic E-state index is -4.50. The van der Waals surface area contributed by atoms with E-state index < -0.39 is 23.2 Å². The Morgan fingerprint density at radius 3 is 2.57 bits per heavy atom. The average molecular weight is 296 g/mol. The minimum Gasteiger partial charge on any atom is -0.322 e. The van der Waals surface area contributed by atoms with Crippen LogP contribution in [-0.2, 0) is 13.2 Å². The number of alkyl halides is 3. The molecule has 110 valence electrons. The molecule has 0 unspecified atom stereocenters. The predicted molar refractivity (Wildman–Crippen MR) is 71.1 cm³/mol. The number of nitrogens with one attached hydrogen (secondary N) is 1. The van der Waals surface area contributed by atoms with Crippen LogP contribution in [0.25, 0.3) is 0 Å². The van der Waals surface area contributed by atoms with Crippen molar-refractivity contribution < 1.29 is 18.0 Å². The summed E-state index contributed by atoms with van der Waals surface area (Å²) in [7, 11) is 1.48. The van der Waals surface area contributed by atoms with E-state index in [9.17, 15) is 22.8 Å². The maximum absolute atomic E-state index is 12.6. The maximum Gasteiger partial charge on any atom is 0.416 e. The van der Waals surface area contributed by atoms with Crippen molar-refractivity contribution in [2.75, 3.05) is 5.32 Å². The molecule has 0 saturated heterocycles. The molecule has 0 saturated carbocycles. The number of rotatable bonds is 2. The molecule has 1 amide bonds. The first-order valence-electron chi connectivity index (χ1n) is 5.93. The van der Waals surface area contributed by atoms with E-state index in [4.69, 9.17) is 0 Å². The zero-order chi connectivity index (χ0) is 15.6. The molecular formula is C14H11F3N2O2. The molecule has 1 heterocycles. The second-order valence-electron chi connectivity index (χ2n) is 4.37. The van der Waals surface area contributed by atoms with Crippen molar-refractivity contribution in [2.45, 2.75) is 6.18 Å². The Morgan fingerprint density at radius 2 is 1.90 bits per heavy atom. The van der Waals surface area contributed by atoms with Gasteiger partial charge in [-0.15, -0.1) is 0 Å². The molecule has 2 aromatic rings. The van der Waals surface area contributed by atoms with Crippen LogP contribution in [-0.4, -0.2) is 10.5 Å². The fourth-order valence-corrected chi connectivity index (χ4v) is 1.74. The van der Waals surface area contributed by atoms with Gasteiger partial charge in [-0.1, -0.05) is 6.07 Å². The van der Waals surface area contributed by atoms with Crippen molar-refractivity contribution in [2.24, 2.45) is 7.05 Å². The largest absolute Gasteiger partial charge is 0.416 e. The first kappa shape index (κ1) is 14.8. The lowest BCUT2D eigenvalue weighted by molar-refractivity contribution is -0.137. The van der Waals surface area contributed by atoms with Gasteiger partial charge < -0.3 is 9.88 Å². The number of nitrogens with zero attached hydrogens (tertiary/aromatic N) is 1. The van der Waals surface area contributed by atoms with Crippen molar-refractivity contribution in [3.05, 3.63) is 64.1 Å². The second-order valence-corrected chi connectivity index (χ2v) is 4.37. The van der Waals surface area contributed by atoms with Gasteiger partial charge in [0.2, 0.25) is 0 Å². The first-order valence-corrected chi connectivity index (χ1v) is 5.93. The number of halogens is 3. The van der Waals surface area contributed by atoms with E-state index in [2.05, 4.69) is 5.32 Å². The highest BCUT2D eigenvalue weighted by Gasteiger charge is 2.30. The van der Waals surface area contributed by atoms with Crippen LogP contribution in [0.5, 0.6) is 0 Å². The maximum atomic E-state index is 12.6. The van der Waals surface area contributed by atoms with Crippen LogP contribution in [0, 0.1) is 0 Å². The minimum absolute atomic E-state index is 0.0271. The predicted octanol–water partition coefficient (Wildman–Crippen LogP) is 2.66. The number of aromatic nitrogens is 1. The smallest absolute Gasteiger partial charge is 0.322 e. The Bertz CT molecular complexity index is 735. The van der Waals surface area contributed by atoms with Crippen LogP contribution in [0.4, 0.5) is 18.9 Å². The molecule has 4 nitrogen and oxygen atoms in total. The summed E-state index contributed by atoms with van der Waals surface area (Å²) in [6.45, 7) is 0. The lowest BCUT2D eigenvalue weighted by atomic mass is 10.2. The van der Waals surface area contributed by atoms with Gasteiger partial charge in [0, 0.05) is 18.9 Å². The number of hydrogen-bond donors (Lipinski definition) is 1. The van der Waals surface area contributed by atoms with Gasteiger partial charge in [0.05, 0.1) is 5.56 Å². The number of amides is 1. The summed E-state index contributed by atoms with van der Waals surface area (Å²) in [6.07, 6.45) is -3.02. The van der Waals surface area contributed by atoms with E-state index in [0.29, 0.717) is 0 Å². The SMILES string of the molecule is Cn1cccc(C(=O)Nc2cccc(C(F)(F)F)c2)c1=O. The number of carbonyl (C=O) groups is 1. The molecule has 0 aliphatic rings. The lowest BCUT2D eigenvalue weighted by Gasteiger charge is -2.10. The molecule has 0 aliphatic heterocycles. The Balaban J connectivity index is 2.28. The van der Waals surface area contributed by atoms with E-state index in [1.165, 1.54) is 42.1 Å². The van der Waals surface area contributed by atoms with Crippen molar-refractivity contribution in [3.8, 4) is 0 Å². The number of benzene rings is 1. The fraction of sp³-hybridized carbons (Fsp3) is 0.143. The summed E-state index contributed by atoms with van der Waals surface area (Å²) in [4.78, 5) is 23.7. The molecule has 0 spiro atoms. The third-order valence-corrected chi connectivity index (χ3v) is 2.82. The van der Waals surface area contributed by atoms with Crippen molar-refractivity contribution in [3.63, 3.8) is 0 Å². The second kappa shape index (κ2) is 5.43. The van der Waals surface area contributed by atoms with Gasteiger partial charge in [-0.25, -0.2) is 0 Å². The van der Waals surface area contributed by atoms with Crippen LogP contribution in [0.1, 0.15) is 15.9 Å². The van der Waals surface area contributed by atoms with Gasteiger partial charge in [-0.3, -0.25) is 9.59 Å². The van der Waals surface area contributed by atoms with Gasteiger partial charge in [0.15, 0.2) is 0 Å². The van der Waals surface area contributed by atoms with Crippen LogP contribution in [0.3, 0.4) is 0 Å². The average Bonchev–Trinajstić information content (AvgIpc) is 2.41. The molecule has 0 radical (unpaired) electrons. The number of pyridine rings is 1. The molecule has 1 aromatic carbocycles. The summed E-state index contributed by atoms with van der Waals surface area (Å²) in [5.41, 5.74) is -1.57.